The molecule has 0 unspecified atom stereocenters. The van der Waals surface area contributed by atoms with Crippen LogP contribution in [0.25, 0.3) is 0 Å². The zero-order valence-electron chi connectivity index (χ0n) is 13.2. The lowest BCUT2D eigenvalue weighted by Crippen LogP contribution is -2.29. The normalized spacial score (nSPS) is 10.1. The van der Waals surface area contributed by atoms with Crippen LogP contribution in [0.15, 0.2) is 42.6 Å². The van der Waals surface area contributed by atoms with Gasteiger partial charge < -0.3 is 15.0 Å². The van der Waals surface area contributed by atoms with Crippen molar-refractivity contribution in [3.63, 3.8) is 0 Å². The number of anilines is 1. The van der Waals surface area contributed by atoms with E-state index in [0.29, 0.717) is 12.3 Å². The maximum absolute atomic E-state index is 11.9. The first kappa shape index (κ1) is 15.8. The van der Waals surface area contributed by atoms with E-state index in [-0.39, 0.29) is 12.5 Å². The maximum atomic E-state index is 11.9. The average molecular weight is 299 g/mol. The molecule has 1 amide bonds. The highest BCUT2D eigenvalue weighted by Gasteiger charge is 2.08. The number of rotatable bonds is 6. The topological polar surface area (TPSA) is 54.5 Å². The van der Waals surface area contributed by atoms with Crippen molar-refractivity contribution in [2.24, 2.45) is 0 Å². The molecule has 0 spiro atoms. The van der Waals surface area contributed by atoms with Gasteiger partial charge in [0.05, 0.1) is 0 Å². The third-order valence-electron chi connectivity index (χ3n) is 3.16. The summed E-state index contributed by atoms with van der Waals surface area (Å²) in [4.78, 5) is 18.1. The van der Waals surface area contributed by atoms with Crippen LogP contribution < -0.4 is 15.0 Å². The third kappa shape index (κ3) is 4.48. The quantitative estimate of drug-likeness (QED) is 0.888. The highest BCUT2D eigenvalue weighted by atomic mass is 16.5. The van der Waals surface area contributed by atoms with E-state index in [9.17, 15) is 4.79 Å². The number of aromatic nitrogens is 1. The summed E-state index contributed by atoms with van der Waals surface area (Å²) in [5.74, 6) is 1.38. The van der Waals surface area contributed by atoms with Gasteiger partial charge in [-0.2, -0.15) is 0 Å². The van der Waals surface area contributed by atoms with E-state index in [0.717, 1.165) is 16.9 Å². The van der Waals surface area contributed by atoms with Crippen LogP contribution in [0.4, 0.5) is 5.82 Å². The minimum absolute atomic E-state index is 0.000616. The molecule has 0 fully saturated rings. The van der Waals surface area contributed by atoms with Gasteiger partial charge in [-0.3, -0.25) is 4.79 Å². The van der Waals surface area contributed by atoms with Gasteiger partial charge in [-0.1, -0.05) is 23.8 Å². The number of carbonyl (C=O) groups excluding carboxylic acids is 1. The number of aryl methyl sites for hydroxylation is 1. The minimum atomic E-state index is -0.158. The molecule has 22 heavy (non-hydrogen) atoms. The molecule has 0 aliphatic rings. The highest BCUT2D eigenvalue weighted by molar-refractivity contribution is 5.77. The standard InChI is InChI=1S/C17H21N3O2/c1-13-6-8-15(9-7-13)22-12-16(21)19-11-14-5-4-10-18-17(14)20(2)3/h4-10H,11-12H2,1-3H3,(H,19,21). The Bertz CT molecular complexity index is 624. The Balaban J connectivity index is 1.84. The van der Waals surface area contributed by atoms with E-state index < -0.39 is 0 Å². The van der Waals surface area contributed by atoms with Gasteiger partial charge in [-0.25, -0.2) is 4.98 Å². The molecule has 0 atom stereocenters. The Labute approximate surface area is 130 Å². The zero-order valence-corrected chi connectivity index (χ0v) is 13.2. The first-order chi connectivity index (χ1) is 10.6. The Hall–Kier alpha value is -2.56. The van der Waals surface area contributed by atoms with E-state index in [1.165, 1.54) is 0 Å². The first-order valence-electron chi connectivity index (χ1n) is 7.13. The fourth-order valence-corrected chi connectivity index (χ4v) is 2.00. The second-order valence-corrected chi connectivity index (χ2v) is 5.26. The predicted molar refractivity (Wildman–Crippen MR) is 87.1 cm³/mol. The smallest absolute Gasteiger partial charge is 0.258 e. The van der Waals surface area contributed by atoms with Crippen LogP contribution in [0.1, 0.15) is 11.1 Å². The van der Waals surface area contributed by atoms with E-state index in [4.69, 9.17) is 4.74 Å². The molecule has 1 aromatic carbocycles. The molecule has 0 radical (unpaired) electrons. The second kappa shape index (κ2) is 7.45. The summed E-state index contributed by atoms with van der Waals surface area (Å²) in [7, 11) is 3.85. The van der Waals surface area contributed by atoms with Crippen molar-refractivity contribution in [3.05, 3.63) is 53.7 Å². The summed E-state index contributed by atoms with van der Waals surface area (Å²) in [6.07, 6.45) is 1.74. The minimum Gasteiger partial charge on any atom is -0.484 e. The Kier molecular flexibility index (Phi) is 5.36. The van der Waals surface area contributed by atoms with Crippen molar-refractivity contribution in [2.75, 3.05) is 25.6 Å². The monoisotopic (exact) mass is 299 g/mol. The molecule has 2 rings (SSSR count). The van der Waals surface area contributed by atoms with E-state index in [2.05, 4.69) is 10.3 Å². The van der Waals surface area contributed by atoms with Crippen LogP contribution in [0.2, 0.25) is 0 Å². The van der Waals surface area contributed by atoms with Crippen LogP contribution in [0.3, 0.4) is 0 Å². The molecule has 0 bridgehead atoms. The molecule has 0 saturated carbocycles. The number of benzene rings is 1. The molecule has 5 nitrogen and oxygen atoms in total. The predicted octanol–water partition coefficient (Wildman–Crippen LogP) is 2.15. The number of ether oxygens (including phenoxy) is 1. The molecule has 1 aromatic heterocycles. The first-order valence-corrected chi connectivity index (χ1v) is 7.13. The number of hydrogen-bond acceptors (Lipinski definition) is 4. The summed E-state index contributed by atoms with van der Waals surface area (Å²) in [5, 5.41) is 2.85. The fourth-order valence-electron chi connectivity index (χ4n) is 2.00. The average Bonchev–Trinajstić information content (AvgIpc) is 2.52. The molecule has 2 aromatic rings. The van der Waals surface area contributed by atoms with Crippen LogP contribution in [-0.2, 0) is 11.3 Å². The maximum Gasteiger partial charge on any atom is 0.258 e. The summed E-state index contributed by atoms with van der Waals surface area (Å²) in [6, 6.07) is 11.4. The molecular weight excluding hydrogens is 278 g/mol. The van der Waals surface area contributed by atoms with E-state index >= 15 is 0 Å². The Morgan fingerprint density at radius 1 is 1.23 bits per heavy atom. The van der Waals surface area contributed by atoms with Crippen molar-refractivity contribution in [3.8, 4) is 5.75 Å². The van der Waals surface area contributed by atoms with Gasteiger partial charge in [0.2, 0.25) is 0 Å². The van der Waals surface area contributed by atoms with Crippen molar-refractivity contribution < 1.29 is 9.53 Å². The molecule has 1 heterocycles. The molecule has 0 aliphatic heterocycles. The summed E-state index contributed by atoms with van der Waals surface area (Å²) in [6.45, 7) is 2.44. The molecule has 5 heteroatoms. The van der Waals surface area contributed by atoms with Gasteiger partial charge in [-0.05, 0) is 25.1 Å². The molecule has 0 aliphatic carbocycles. The lowest BCUT2D eigenvalue weighted by molar-refractivity contribution is -0.123. The third-order valence-corrected chi connectivity index (χ3v) is 3.16. The van der Waals surface area contributed by atoms with E-state index in [1.807, 2.05) is 62.3 Å². The molecule has 1 N–H and O–H groups in total. The number of carbonyl (C=O) groups is 1. The zero-order chi connectivity index (χ0) is 15.9. The fraction of sp³-hybridized carbons (Fsp3) is 0.294. The van der Waals surface area contributed by atoms with Crippen molar-refractivity contribution in [1.82, 2.24) is 10.3 Å². The largest absolute Gasteiger partial charge is 0.484 e. The van der Waals surface area contributed by atoms with Crippen LogP contribution in [0, 0.1) is 6.92 Å². The summed E-state index contributed by atoms with van der Waals surface area (Å²) < 4.78 is 5.45. The van der Waals surface area contributed by atoms with Crippen LogP contribution in [-0.4, -0.2) is 31.6 Å². The number of hydrogen-bond donors (Lipinski definition) is 1. The van der Waals surface area contributed by atoms with Crippen molar-refractivity contribution >= 4 is 11.7 Å². The number of amides is 1. The lowest BCUT2D eigenvalue weighted by Gasteiger charge is -2.16. The van der Waals surface area contributed by atoms with Gasteiger partial charge in [-0.15, -0.1) is 0 Å². The Morgan fingerprint density at radius 3 is 2.64 bits per heavy atom. The van der Waals surface area contributed by atoms with E-state index in [1.54, 1.807) is 6.20 Å². The van der Waals surface area contributed by atoms with Crippen molar-refractivity contribution in [1.29, 1.82) is 0 Å². The summed E-state index contributed by atoms with van der Waals surface area (Å²) >= 11 is 0. The van der Waals surface area contributed by atoms with Gasteiger partial charge in [0.15, 0.2) is 6.61 Å². The molecule has 0 saturated heterocycles. The number of nitrogens with zero attached hydrogens (tertiary/aromatic N) is 2. The SMILES string of the molecule is Cc1ccc(OCC(=O)NCc2cccnc2N(C)C)cc1. The second-order valence-electron chi connectivity index (χ2n) is 5.26. The van der Waals surface area contributed by atoms with Gasteiger partial charge in [0.25, 0.3) is 5.91 Å². The number of pyridine rings is 1. The Morgan fingerprint density at radius 2 is 1.95 bits per heavy atom. The number of nitrogens with one attached hydrogen (secondary N) is 1. The molecule has 116 valence electrons. The van der Waals surface area contributed by atoms with Gasteiger partial charge in [0.1, 0.15) is 11.6 Å². The molecular formula is C17H21N3O2. The van der Waals surface area contributed by atoms with Gasteiger partial charge >= 0.3 is 0 Å². The van der Waals surface area contributed by atoms with Gasteiger partial charge in [0, 0.05) is 32.4 Å². The van der Waals surface area contributed by atoms with Crippen LogP contribution >= 0.6 is 0 Å². The highest BCUT2D eigenvalue weighted by Crippen LogP contribution is 2.14. The summed E-state index contributed by atoms with van der Waals surface area (Å²) in [5.41, 5.74) is 2.13. The lowest BCUT2D eigenvalue weighted by atomic mass is 10.2. The van der Waals surface area contributed by atoms with Crippen molar-refractivity contribution in [2.45, 2.75) is 13.5 Å². The van der Waals surface area contributed by atoms with Crippen LogP contribution in [0.5, 0.6) is 5.75 Å².